The molecule has 1 aromatic carbocycles. The summed E-state index contributed by atoms with van der Waals surface area (Å²) < 4.78 is 32.9. The molecule has 0 radical (unpaired) electrons. The topological polar surface area (TPSA) is 70.7 Å². The predicted molar refractivity (Wildman–Crippen MR) is 107 cm³/mol. The summed E-state index contributed by atoms with van der Waals surface area (Å²) in [7, 11) is -3.45. The number of sulfonamides is 1. The van der Waals surface area contributed by atoms with Crippen molar-refractivity contribution in [2.75, 3.05) is 31.6 Å². The molecule has 0 aliphatic carbocycles. The van der Waals surface area contributed by atoms with Gasteiger partial charge in [-0.2, -0.15) is 4.31 Å². The summed E-state index contributed by atoms with van der Waals surface area (Å²) in [6.45, 7) is 4.60. The van der Waals surface area contributed by atoms with E-state index in [1.807, 2.05) is 13.0 Å². The highest BCUT2D eigenvalue weighted by molar-refractivity contribution is 7.89. The molecule has 1 atom stereocenters. The zero-order valence-corrected chi connectivity index (χ0v) is 16.8. The van der Waals surface area contributed by atoms with Crippen molar-refractivity contribution >= 4 is 33.0 Å². The van der Waals surface area contributed by atoms with Crippen LogP contribution in [-0.4, -0.2) is 50.2 Å². The van der Waals surface area contributed by atoms with Crippen LogP contribution in [0.4, 0.5) is 5.69 Å². The van der Waals surface area contributed by atoms with Gasteiger partial charge in [-0.1, -0.05) is 12.5 Å². The van der Waals surface area contributed by atoms with E-state index in [1.54, 1.807) is 16.4 Å². The smallest absolute Gasteiger partial charge is 0.243 e. The van der Waals surface area contributed by atoms with Crippen LogP contribution in [0.15, 0.2) is 23.1 Å². The fraction of sp³-hybridized carbons (Fsp3) is 0.611. The van der Waals surface area contributed by atoms with E-state index in [9.17, 15) is 8.42 Å². The average molecular weight is 398 g/mol. The SMILES string of the molecule is Cc1ccc(S(=O)(=O)N2CCCCC2)cc1NC(=S)NCC1CCCO1. The molecule has 1 aromatic rings. The van der Waals surface area contributed by atoms with Crippen molar-refractivity contribution in [2.45, 2.75) is 50.0 Å². The second-order valence-corrected chi connectivity index (χ2v) is 9.26. The number of hydrogen-bond donors (Lipinski definition) is 2. The van der Waals surface area contributed by atoms with Crippen LogP contribution in [-0.2, 0) is 14.8 Å². The van der Waals surface area contributed by atoms with Crippen molar-refractivity contribution in [3.63, 3.8) is 0 Å². The summed E-state index contributed by atoms with van der Waals surface area (Å²) in [5, 5.41) is 6.77. The van der Waals surface area contributed by atoms with Crippen molar-refractivity contribution in [1.82, 2.24) is 9.62 Å². The molecule has 2 saturated heterocycles. The number of benzene rings is 1. The van der Waals surface area contributed by atoms with Crippen LogP contribution >= 0.6 is 12.2 Å². The Morgan fingerprint density at radius 3 is 2.73 bits per heavy atom. The minimum atomic E-state index is -3.45. The summed E-state index contributed by atoms with van der Waals surface area (Å²) in [4.78, 5) is 0.314. The van der Waals surface area contributed by atoms with Crippen LogP contribution < -0.4 is 10.6 Å². The van der Waals surface area contributed by atoms with Crippen LogP contribution in [0.1, 0.15) is 37.7 Å². The summed E-state index contributed by atoms with van der Waals surface area (Å²) in [5.74, 6) is 0. The standard InChI is InChI=1S/C18H27N3O3S2/c1-14-7-8-16(26(22,23)21-9-3-2-4-10-21)12-17(14)20-18(25)19-13-15-6-5-11-24-15/h7-8,12,15H,2-6,9-11,13H2,1H3,(H2,19,20,25). The molecule has 2 fully saturated rings. The van der Waals surface area contributed by atoms with Gasteiger partial charge in [-0.15, -0.1) is 0 Å². The molecule has 26 heavy (non-hydrogen) atoms. The largest absolute Gasteiger partial charge is 0.376 e. The van der Waals surface area contributed by atoms with Gasteiger partial charge in [-0.05, 0) is 62.5 Å². The first-order chi connectivity index (χ1) is 12.5. The van der Waals surface area contributed by atoms with E-state index in [1.165, 1.54) is 0 Å². The maximum atomic E-state index is 12.9. The Morgan fingerprint density at radius 1 is 1.27 bits per heavy atom. The van der Waals surface area contributed by atoms with E-state index < -0.39 is 10.0 Å². The third kappa shape index (κ3) is 4.73. The maximum absolute atomic E-state index is 12.9. The average Bonchev–Trinajstić information content (AvgIpc) is 3.16. The molecule has 0 spiro atoms. The van der Waals surface area contributed by atoms with Crippen LogP contribution in [0, 0.1) is 6.92 Å². The van der Waals surface area contributed by atoms with Gasteiger partial charge < -0.3 is 15.4 Å². The Bertz CT molecular complexity index is 740. The van der Waals surface area contributed by atoms with E-state index >= 15 is 0 Å². The zero-order valence-electron chi connectivity index (χ0n) is 15.2. The summed E-state index contributed by atoms with van der Waals surface area (Å²) >= 11 is 5.35. The second-order valence-electron chi connectivity index (χ2n) is 6.91. The minimum absolute atomic E-state index is 0.196. The van der Waals surface area contributed by atoms with Crippen molar-refractivity contribution < 1.29 is 13.2 Å². The van der Waals surface area contributed by atoms with Gasteiger partial charge in [0.05, 0.1) is 11.0 Å². The molecule has 6 nitrogen and oxygen atoms in total. The normalized spacial score (nSPS) is 21.5. The Balaban J connectivity index is 1.67. The highest BCUT2D eigenvalue weighted by Gasteiger charge is 2.26. The molecule has 0 bridgehead atoms. The Labute approximate surface area is 161 Å². The van der Waals surface area contributed by atoms with Crippen LogP contribution in [0.2, 0.25) is 0 Å². The fourth-order valence-electron chi connectivity index (χ4n) is 3.33. The Kier molecular flexibility index (Phi) is 6.50. The lowest BCUT2D eigenvalue weighted by atomic mass is 10.2. The lowest BCUT2D eigenvalue weighted by Gasteiger charge is -2.26. The third-order valence-electron chi connectivity index (χ3n) is 4.92. The number of thiocarbonyl (C=S) groups is 1. The number of piperidine rings is 1. The number of rotatable bonds is 5. The molecule has 2 N–H and O–H groups in total. The van der Waals surface area contributed by atoms with Crippen LogP contribution in [0.25, 0.3) is 0 Å². The summed E-state index contributed by atoms with van der Waals surface area (Å²) in [6, 6.07) is 5.18. The van der Waals surface area contributed by atoms with Crippen molar-refractivity contribution in [3.05, 3.63) is 23.8 Å². The molecular formula is C18H27N3O3S2. The minimum Gasteiger partial charge on any atom is -0.376 e. The maximum Gasteiger partial charge on any atom is 0.243 e. The van der Waals surface area contributed by atoms with E-state index in [0.717, 1.165) is 44.3 Å². The molecule has 2 aliphatic heterocycles. The Hall–Kier alpha value is -1.22. The molecule has 2 aliphatic rings. The second kappa shape index (κ2) is 8.65. The van der Waals surface area contributed by atoms with Crippen molar-refractivity contribution in [2.24, 2.45) is 0 Å². The lowest BCUT2D eigenvalue weighted by Crippen LogP contribution is -2.36. The van der Waals surface area contributed by atoms with Gasteiger partial charge in [0.15, 0.2) is 5.11 Å². The number of nitrogens with one attached hydrogen (secondary N) is 2. The first kappa shape index (κ1) is 19.5. The summed E-state index contributed by atoms with van der Waals surface area (Å²) in [6.07, 6.45) is 5.26. The van der Waals surface area contributed by atoms with Gasteiger partial charge >= 0.3 is 0 Å². The fourth-order valence-corrected chi connectivity index (χ4v) is 5.07. The van der Waals surface area contributed by atoms with Gasteiger partial charge in [-0.25, -0.2) is 8.42 Å². The number of aryl methyl sites for hydroxylation is 1. The Morgan fingerprint density at radius 2 is 2.04 bits per heavy atom. The molecule has 3 rings (SSSR count). The highest BCUT2D eigenvalue weighted by atomic mass is 32.2. The number of nitrogens with zero attached hydrogens (tertiary/aromatic N) is 1. The van der Waals surface area contributed by atoms with Crippen molar-refractivity contribution in [1.29, 1.82) is 0 Å². The van der Waals surface area contributed by atoms with Gasteiger partial charge in [0.25, 0.3) is 0 Å². The first-order valence-corrected chi connectivity index (χ1v) is 11.1. The molecule has 0 aromatic heterocycles. The quantitative estimate of drug-likeness (QED) is 0.745. The molecule has 0 amide bonds. The molecule has 0 saturated carbocycles. The molecule has 1 unspecified atom stereocenters. The van der Waals surface area contributed by atoms with Gasteiger partial charge in [0.2, 0.25) is 10.0 Å². The van der Waals surface area contributed by atoms with Gasteiger partial charge in [-0.3, -0.25) is 0 Å². The van der Waals surface area contributed by atoms with Crippen LogP contribution in [0.3, 0.4) is 0 Å². The van der Waals surface area contributed by atoms with Crippen molar-refractivity contribution in [3.8, 4) is 0 Å². The van der Waals surface area contributed by atoms with Crippen LogP contribution in [0.5, 0.6) is 0 Å². The van der Waals surface area contributed by atoms with E-state index in [0.29, 0.717) is 35.3 Å². The lowest BCUT2D eigenvalue weighted by molar-refractivity contribution is 0.114. The molecular weight excluding hydrogens is 370 g/mol. The van der Waals surface area contributed by atoms with Gasteiger partial charge in [0.1, 0.15) is 0 Å². The van der Waals surface area contributed by atoms with E-state index in [4.69, 9.17) is 17.0 Å². The highest BCUT2D eigenvalue weighted by Crippen LogP contribution is 2.25. The molecule has 144 valence electrons. The third-order valence-corrected chi connectivity index (χ3v) is 7.07. The van der Waals surface area contributed by atoms with E-state index in [2.05, 4.69) is 10.6 Å². The summed E-state index contributed by atoms with van der Waals surface area (Å²) in [5.41, 5.74) is 1.66. The van der Waals surface area contributed by atoms with E-state index in [-0.39, 0.29) is 6.10 Å². The van der Waals surface area contributed by atoms with Gasteiger partial charge in [0, 0.05) is 31.9 Å². The number of ether oxygens (including phenoxy) is 1. The molecule has 8 heteroatoms. The first-order valence-electron chi connectivity index (χ1n) is 9.24. The zero-order chi connectivity index (χ0) is 18.6. The monoisotopic (exact) mass is 397 g/mol. The number of anilines is 1. The molecule has 2 heterocycles. The predicted octanol–water partition coefficient (Wildman–Crippen LogP) is 2.64. The number of hydrogen-bond acceptors (Lipinski definition) is 4.